The fourth-order valence-electron chi connectivity index (χ4n) is 2.35. The van der Waals surface area contributed by atoms with Crippen LogP contribution in [0, 0.1) is 0 Å². The predicted molar refractivity (Wildman–Crippen MR) is 120 cm³/mol. The van der Waals surface area contributed by atoms with Crippen LogP contribution in [0.1, 0.15) is 12.8 Å². The predicted octanol–water partition coefficient (Wildman–Crippen LogP) is 2.93. The number of ether oxygens (including phenoxy) is 4. The van der Waals surface area contributed by atoms with Crippen molar-refractivity contribution in [2.45, 2.75) is 12.8 Å². The van der Waals surface area contributed by atoms with Crippen molar-refractivity contribution < 1.29 is 28.5 Å². The van der Waals surface area contributed by atoms with Crippen LogP contribution in [0.2, 0.25) is 0 Å². The minimum absolute atomic E-state index is 0.0224. The number of rotatable bonds is 12. The van der Waals surface area contributed by atoms with Crippen molar-refractivity contribution in [1.82, 2.24) is 5.32 Å². The molecule has 8 nitrogen and oxygen atoms in total. The lowest BCUT2D eigenvalue weighted by Crippen LogP contribution is -2.34. The van der Waals surface area contributed by atoms with Crippen LogP contribution >= 0.6 is 12.2 Å². The number of hydrogen-bond acceptors (Lipinski definition) is 7. The standard InChI is InChI=1S/C22H26N2O6S/c1-27-13-14-30-21(26)12-11-20(25)24-22(31)23-17-7-9-19(10-8-17)29-16-15-28-18-5-3-2-4-6-18/h2-10H,11-16H2,1H3,(H2,23,24,25,31). The lowest BCUT2D eigenvalue weighted by atomic mass is 10.3. The van der Waals surface area contributed by atoms with Crippen LogP contribution < -0.4 is 20.1 Å². The number of hydrogen-bond donors (Lipinski definition) is 2. The Hall–Kier alpha value is -3.17. The molecule has 0 fully saturated rings. The second-order valence-corrected chi connectivity index (χ2v) is 6.66. The molecule has 0 spiro atoms. The zero-order valence-electron chi connectivity index (χ0n) is 17.3. The molecule has 2 rings (SSSR count). The van der Waals surface area contributed by atoms with Crippen molar-refractivity contribution in [2.75, 3.05) is 38.9 Å². The molecule has 2 N–H and O–H groups in total. The van der Waals surface area contributed by atoms with Crippen LogP contribution in [0.5, 0.6) is 11.5 Å². The number of para-hydroxylation sites is 1. The topological polar surface area (TPSA) is 95.1 Å². The van der Waals surface area contributed by atoms with Gasteiger partial charge in [0.25, 0.3) is 0 Å². The molecule has 0 atom stereocenters. The van der Waals surface area contributed by atoms with E-state index in [9.17, 15) is 9.59 Å². The van der Waals surface area contributed by atoms with Gasteiger partial charge in [-0.05, 0) is 48.6 Å². The van der Waals surface area contributed by atoms with Gasteiger partial charge in [0.2, 0.25) is 5.91 Å². The number of benzene rings is 2. The van der Waals surface area contributed by atoms with Crippen molar-refractivity contribution in [3.63, 3.8) is 0 Å². The van der Waals surface area contributed by atoms with Crippen molar-refractivity contribution in [2.24, 2.45) is 0 Å². The molecule has 0 aliphatic rings. The van der Waals surface area contributed by atoms with E-state index in [1.807, 2.05) is 30.3 Å². The highest BCUT2D eigenvalue weighted by Crippen LogP contribution is 2.16. The molecule has 0 radical (unpaired) electrons. The largest absolute Gasteiger partial charge is 0.490 e. The number of carbonyl (C=O) groups is 2. The van der Waals surface area contributed by atoms with Gasteiger partial charge in [-0.1, -0.05) is 18.2 Å². The quantitative estimate of drug-likeness (QED) is 0.292. The third-order valence-electron chi connectivity index (χ3n) is 3.84. The van der Waals surface area contributed by atoms with E-state index in [-0.39, 0.29) is 30.5 Å². The van der Waals surface area contributed by atoms with E-state index in [1.54, 1.807) is 24.3 Å². The van der Waals surface area contributed by atoms with Crippen molar-refractivity contribution in [3.05, 3.63) is 54.6 Å². The summed E-state index contributed by atoms with van der Waals surface area (Å²) in [6, 6.07) is 16.6. The van der Waals surface area contributed by atoms with Crippen LogP contribution in [0.4, 0.5) is 5.69 Å². The van der Waals surface area contributed by atoms with Gasteiger partial charge in [0.1, 0.15) is 31.3 Å². The van der Waals surface area contributed by atoms with Gasteiger partial charge in [-0.15, -0.1) is 0 Å². The molecule has 0 saturated carbocycles. The molecule has 0 unspecified atom stereocenters. The highest BCUT2D eigenvalue weighted by molar-refractivity contribution is 7.80. The first-order valence-corrected chi connectivity index (χ1v) is 10.1. The molecule has 9 heteroatoms. The van der Waals surface area contributed by atoms with Gasteiger partial charge in [-0.3, -0.25) is 9.59 Å². The number of nitrogens with one attached hydrogen (secondary N) is 2. The smallest absolute Gasteiger partial charge is 0.306 e. The molecule has 2 aromatic carbocycles. The summed E-state index contributed by atoms with van der Waals surface area (Å²) in [4.78, 5) is 23.4. The average molecular weight is 447 g/mol. The molecule has 0 aliphatic carbocycles. The van der Waals surface area contributed by atoms with E-state index in [2.05, 4.69) is 10.6 Å². The summed E-state index contributed by atoms with van der Waals surface area (Å²) in [7, 11) is 1.51. The van der Waals surface area contributed by atoms with Crippen LogP contribution in [-0.2, 0) is 19.1 Å². The van der Waals surface area contributed by atoms with E-state index in [0.29, 0.717) is 31.3 Å². The Morgan fingerprint density at radius 1 is 0.839 bits per heavy atom. The summed E-state index contributed by atoms with van der Waals surface area (Å²) >= 11 is 5.12. The van der Waals surface area contributed by atoms with Crippen LogP contribution in [-0.4, -0.2) is 50.5 Å². The normalized spacial score (nSPS) is 10.1. The van der Waals surface area contributed by atoms with Crippen LogP contribution in [0.3, 0.4) is 0 Å². The van der Waals surface area contributed by atoms with Gasteiger partial charge in [0, 0.05) is 19.2 Å². The van der Waals surface area contributed by atoms with Crippen LogP contribution in [0.25, 0.3) is 0 Å². The van der Waals surface area contributed by atoms with Crippen molar-refractivity contribution >= 4 is 34.9 Å². The maximum atomic E-state index is 11.9. The zero-order valence-corrected chi connectivity index (χ0v) is 18.1. The molecule has 0 bridgehead atoms. The molecule has 166 valence electrons. The van der Waals surface area contributed by atoms with Crippen molar-refractivity contribution in [3.8, 4) is 11.5 Å². The average Bonchev–Trinajstić information content (AvgIpc) is 2.77. The van der Waals surface area contributed by atoms with E-state index >= 15 is 0 Å². The van der Waals surface area contributed by atoms with Gasteiger partial charge >= 0.3 is 5.97 Å². The molecule has 0 aromatic heterocycles. The zero-order chi connectivity index (χ0) is 22.3. The first-order chi connectivity index (χ1) is 15.1. The maximum Gasteiger partial charge on any atom is 0.306 e. The third kappa shape index (κ3) is 10.4. The van der Waals surface area contributed by atoms with E-state index in [1.165, 1.54) is 7.11 Å². The number of amides is 1. The fraction of sp³-hybridized carbons (Fsp3) is 0.318. The number of thiocarbonyl (C=S) groups is 1. The maximum absolute atomic E-state index is 11.9. The Kier molecular flexibility index (Phi) is 10.8. The number of methoxy groups -OCH3 is 1. The minimum atomic E-state index is -0.462. The Morgan fingerprint density at radius 2 is 1.48 bits per heavy atom. The highest BCUT2D eigenvalue weighted by Gasteiger charge is 2.09. The van der Waals surface area contributed by atoms with Crippen LogP contribution in [0.15, 0.2) is 54.6 Å². The highest BCUT2D eigenvalue weighted by atomic mass is 32.1. The Morgan fingerprint density at radius 3 is 2.13 bits per heavy atom. The summed E-state index contributed by atoms with van der Waals surface area (Å²) in [5.41, 5.74) is 0.692. The molecule has 0 heterocycles. The first-order valence-electron chi connectivity index (χ1n) is 9.73. The summed E-state index contributed by atoms with van der Waals surface area (Å²) in [6.07, 6.45) is -0.0519. The molecule has 0 aliphatic heterocycles. The Balaban J connectivity index is 1.63. The first kappa shape index (κ1) is 24.1. The molecular weight excluding hydrogens is 420 g/mol. The second-order valence-electron chi connectivity index (χ2n) is 6.25. The van der Waals surface area contributed by atoms with Gasteiger partial charge in [-0.2, -0.15) is 0 Å². The summed E-state index contributed by atoms with van der Waals surface area (Å²) in [5.74, 6) is 0.642. The number of anilines is 1. The van der Waals surface area contributed by atoms with Gasteiger partial charge in [-0.25, -0.2) is 0 Å². The minimum Gasteiger partial charge on any atom is -0.490 e. The van der Waals surface area contributed by atoms with E-state index < -0.39 is 5.97 Å². The molecule has 2 aromatic rings. The van der Waals surface area contributed by atoms with Crippen molar-refractivity contribution in [1.29, 1.82) is 0 Å². The number of esters is 1. The summed E-state index contributed by atoms with van der Waals surface area (Å²) < 4.78 is 20.9. The Bertz CT molecular complexity index is 830. The molecule has 0 saturated heterocycles. The van der Waals surface area contributed by atoms with E-state index in [4.69, 9.17) is 31.2 Å². The summed E-state index contributed by atoms with van der Waals surface area (Å²) in [6.45, 7) is 1.32. The molecule has 1 amide bonds. The van der Waals surface area contributed by atoms with Gasteiger partial charge in [0.15, 0.2) is 5.11 Å². The van der Waals surface area contributed by atoms with Gasteiger partial charge in [0.05, 0.1) is 13.0 Å². The Labute approximate surface area is 186 Å². The fourth-order valence-corrected chi connectivity index (χ4v) is 2.58. The number of carbonyl (C=O) groups excluding carboxylic acids is 2. The second kappa shape index (κ2) is 13.9. The SMILES string of the molecule is COCCOC(=O)CCC(=O)NC(=S)Nc1ccc(OCCOc2ccccc2)cc1. The molecule has 31 heavy (non-hydrogen) atoms. The monoisotopic (exact) mass is 446 g/mol. The lowest BCUT2D eigenvalue weighted by molar-refractivity contribution is -0.146. The third-order valence-corrected chi connectivity index (χ3v) is 4.04. The summed E-state index contributed by atoms with van der Waals surface area (Å²) in [5, 5.41) is 5.57. The lowest BCUT2D eigenvalue weighted by Gasteiger charge is -2.11. The van der Waals surface area contributed by atoms with E-state index in [0.717, 1.165) is 5.75 Å². The molecular formula is C22H26N2O6S. The van der Waals surface area contributed by atoms with Gasteiger partial charge < -0.3 is 29.6 Å².